The molecule has 2 rings (SSSR count). The van der Waals surface area contributed by atoms with Gasteiger partial charge in [-0.15, -0.1) is 0 Å². The normalized spacial score (nSPS) is 20.4. The fraction of sp³-hybridized carbons (Fsp3) is 0.556. The zero-order chi connectivity index (χ0) is 17.5. The van der Waals surface area contributed by atoms with E-state index in [1.54, 1.807) is 31.3 Å². The second kappa shape index (κ2) is 8.68. The number of amides is 1. The number of hydrogen-bond donors (Lipinski definition) is 1. The summed E-state index contributed by atoms with van der Waals surface area (Å²) < 4.78 is 10.9. The molecule has 1 aliphatic carbocycles. The number of benzene rings is 1. The number of ether oxygens (including phenoxy) is 2. The molecule has 6 heteroatoms. The van der Waals surface area contributed by atoms with Gasteiger partial charge in [0.1, 0.15) is 12.4 Å². The van der Waals surface area contributed by atoms with Gasteiger partial charge in [-0.3, -0.25) is 4.79 Å². The van der Waals surface area contributed by atoms with Crippen LogP contribution >= 0.6 is 0 Å². The number of anilines is 1. The van der Waals surface area contributed by atoms with Crippen molar-refractivity contribution in [1.29, 1.82) is 0 Å². The number of nitrogens with zero attached hydrogens (tertiary/aromatic N) is 1. The zero-order valence-corrected chi connectivity index (χ0v) is 14.2. The van der Waals surface area contributed by atoms with Crippen molar-refractivity contribution in [2.75, 3.05) is 25.2 Å². The van der Waals surface area contributed by atoms with E-state index >= 15 is 0 Å². The first kappa shape index (κ1) is 18.3. The van der Waals surface area contributed by atoms with Gasteiger partial charge in [-0.1, -0.05) is 19.8 Å². The van der Waals surface area contributed by atoms with E-state index in [1.807, 2.05) is 0 Å². The first-order valence-corrected chi connectivity index (χ1v) is 8.30. The van der Waals surface area contributed by atoms with E-state index in [-0.39, 0.29) is 25.2 Å². The molecule has 0 aliphatic heterocycles. The molecule has 1 saturated carbocycles. The summed E-state index contributed by atoms with van der Waals surface area (Å²) in [5, 5.41) is 8.58. The van der Waals surface area contributed by atoms with Gasteiger partial charge >= 0.3 is 5.97 Å². The van der Waals surface area contributed by atoms with Crippen LogP contribution in [0.25, 0.3) is 0 Å². The van der Waals surface area contributed by atoms with Gasteiger partial charge in [0.25, 0.3) is 5.91 Å². The average Bonchev–Trinajstić information content (AvgIpc) is 2.58. The Bertz CT molecular complexity index is 557. The lowest BCUT2D eigenvalue weighted by atomic mass is 9.88. The third-order valence-electron chi connectivity index (χ3n) is 4.41. The Hall–Kier alpha value is -2.08. The monoisotopic (exact) mass is 335 g/mol. The van der Waals surface area contributed by atoms with Crippen LogP contribution in [0.2, 0.25) is 0 Å². The summed E-state index contributed by atoms with van der Waals surface area (Å²) in [6, 6.07) is 6.73. The summed E-state index contributed by atoms with van der Waals surface area (Å²) in [5.41, 5.74) is 0.711. The van der Waals surface area contributed by atoms with E-state index in [9.17, 15) is 9.59 Å². The van der Waals surface area contributed by atoms with Crippen molar-refractivity contribution >= 4 is 17.6 Å². The van der Waals surface area contributed by atoms with E-state index in [4.69, 9.17) is 14.6 Å². The number of aliphatic carboxylic acids is 1. The number of hydrogen-bond acceptors (Lipinski definition) is 4. The number of carboxylic acids is 1. The van der Waals surface area contributed by atoms with E-state index < -0.39 is 5.97 Å². The molecule has 0 aromatic heterocycles. The molecule has 1 fully saturated rings. The van der Waals surface area contributed by atoms with E-state index in [1.165, 1.54) is 11.3 Å². The molecule has 6 nitrogen and oxygen atoms in total. The third-order valence-corrected chi connectivity index (χ3v) is 4.41. The Morgan fingerprint density at radius 3 is 2.46 bits per heavy atom. The second-order valence-corrected chi connectivity index (χ2v) is 6.24. The Balaban J connectivity index is 1.84. The second-order valence-electron chi connectivity index (χ2n) is 6.24. The molecule has 1 N–H and O–H groups in total. The predicted molar refractivity (Wildman–Crippen MR) is 90.4 cm³/mol. The summed E-state index contributed by atoms with van der Waals surface area (Å²) >= 11 is 0. The highest BCUT2D eigenvalue weighted by Crippen LogP contribution is 2.26. The minimum atomic E-state index is -1.03. The van der Waals surface area contributed by atoms with Crippen molar-refractivity contribution in [3.63, 3.8) is 0 Å². The summed E-state index contributed by atoms with van der Waals surface area (Å²) in [6.45, 7) is 1.86. The highest BCUT2D eigenvalue weighted by molar-refractivity contribution is 5.93. The van der Waals surface area contributed by atoms with Crippen LogP contribution < -0.4 is 9.64 Å². The number of carbonyl (C=O) groups excluding carboxylic acids is 1. The number of carbonyl (C=O) groups is 2. The van der Waals surface area contributed by atoms with Gasteiger partial charge in [-0.05, 0) is 43.0 Å². The zero-order valence-electron chi connectivity index (χ0n) is 14.2. The standard InChI is InChI=1S/C18H25NO5/c1-13-5-3-4-6-16(13)24-11-17(20)19(2)14-7-9-15(10-8-14)23-12-18(21)22/h7-10,13,16H,3-6,11-12H2,1-2H3,(H,21,22). The van der Waals surface area contributed by atoms with Gasteiger partial charge in [0, 0.05) is 12.7 Å². The van der Waals surface area contributed by atoms with Crippen molar-refractivity contribution in [3.8, 4) is 5.75 Å². The van der Waals surface area contributed by atoms with Crippen molar-refractivity contribution < 1.29 is 24.2 Å². The molecule has 2 unspecified atom stereocenters. The number of likely N-dealkylation sites (N-methyl/N-ethyl adjacent to an activating group) is 1. The van der Waals surface area contributed by atoms with Crippen LogP contribution in [0.1, 0.15) is 32.6 Å². The Kier molecular flexibility index (Phi) is 6.61. The van der Waals surface area contributed by atoms with Crippen LogP contribution in [0.15, 0.2) is 24.3 Å². The van der Waals surface area contributed by atoms with Crippen LogP contribution in [-0.2, 0) is 14.3 Å². The molecular weight excluding hydrogens is 310 g/mol. The Morgan fingerprint density at radius 2 is 1.83 bits per heavy atom. The first-order chi connectivity index (χ1) is 11.5. The fourth-order valence-electron chi connectivity index (χ4n) is 2.86. The van der Waals surface area contributed by atoms with Crippen LogP contribution in [0.3, 0.4) is 0 Å². The molecule has 1 aromatic carbocycles. The summed E-state index contributed by atoms with van der Waals surface area (Å²) in [4.78, 5) is 24.3. The number of rotatable bonds is 7. The van der Waals surface area contributed by atoms with Gasteiger partial charge in [0.15, 0.2) is 6.61 Å². The molecule has 0 heterocycles. The topological polar surface area (TPSA) is 76.1 Å². The molecule has 1 aromatic rings. The lowest BCUT2D eigenvalue weighted by Crippen LogP contribution is -2.34. The maximum Gasteiger partial charge on any atom is 0.341 e. The summed E-state index contributed by atoms with van der Waals surface area (Å²) in [7, 11) is 1.70. The van der Waals surface area contributed by atoms with Gasteiger partial charge < -0.3 is 19.5 Å². The van der Waals surface area contributed by atoms with Gasteiger partial charge in [0.2, 0.25) is 0 Å². The summed E-state index contributed by atoms with van der Waals surface area (Å²) in [6.07, 6.45) is 4.75. The lowest BCUT2D eigenvalue weighted by Gasteiger charge is -2.29. The minimum Gasteiger partial charge on any atom is -0.482 e. The quantitative estimate of drug-likeness (QED) is 0.829. The average molecular weight is 335 g/mol. The van der Waals surface area contributed by atoms with Crippen LogP contribution in [0.5, 0.6) is 5.75 Å². The predicted octanol–water partition coefficient (Wildman–Crippen LogP) is 2.71. The largest absolute Gasteiger partial charge is 0.482 e. The Morgan fingerprint density at radius 1 is 1.17 bits per heavy atom. The molecular formula is C18H25NO5. The maximum atomic E-state index is 12.3. The molecule has 0 radical (unpaired) electrons. The van der Waals surface area contributed by atoms with Gasteiger partial charge in [-0.25, -0.2) is 4.79 Å². The van der Waals surface area contributed by atoms with Crippen LogP contribution in [0, 0.1) is 5.92 Å². The fourth-order valence-corrected chi connectivity index (χ4v) is 2.86. The van der Waals surface area contributed by atoms with E-state index in [2.05, 4.69) is 6.92 Å². The van der Waals surface area contributed by atoms with Gasteiger partial charge in [-0.2, -0.15) is 0 Å². The third kappa shape index (κ3) is 5.23. The highest BCUT2D eigenvalue weighted by atomic mass is 16.5. The molecule has 1 amide bonds. The van der Waals surface area contributed by atoms with Crippen molar-refractivity contribution in [2.24, 2.45) is 5.92 Å². The van der Waals surface area contributed by atoms with Crippen molar-refractivity contribution in [3.05, 3.63) is 24.3 Å². The summed E-state index contributed by atoms with van der Waals surface area (Å²) in [5.74, 6) is -0.177. The maximum absolute atomic E-state index is 12.3. The SMILES string of the molecule is CC1CCCCC1OCC(=O)N(C)c1ccc(OCC(=O)O)cc1. The van der Waals surface area contributed by atoms with Crippen LogP contribution in [-0.4, -0.2) is 43.3 Å². The van der Waals surface area contributed by atoms with Gasteiger partial charge in [0.05, 0.1) is 6.10 Å². The Labute approximate surface area is 142 Å². The lowest BCUT2D eigenvalue weighted by molar-refractivity contribution is -0.139. The molecule has 24 heavy (non-hydrogen) atoms. The minimum absolute atomic E-state index is 0.0722. The molecule has 0 bridgehead atoms. The number of carboxylic acid groups (broad SMARTS) is 1. The molecule has 2 atom stereocenters. The molecule has 0 spiro atoms. The van der Waals surface area contributed by atoms with E-state index in [0.29, 0.717) is 17.4 Å². The molecule has 132 valence electrons. The molecule has 1 aliphatic rings. The van der Waals surface area contributed by atoms with Crippen molar-refractivity contribution in [1.82, 2.24) is 0 Å². The smallest absolute Gasteiger partial charge is 0.341 e. The molecule has 0 saturated heterocycles. The van der Waals surface area contributed by atoms with E-state index in [0.717, 1.165) is 19.3 Å². The van der Waals surface area contributed by atoms with Crippen LogP contribution in [0.4, 0.5) is 5.69 Å². The van der Waals surface area contributed by atoms with Crippen molar-refractivity contribution in [2.45, 2.75) is 38.7 Å². The first-order valence-electron chi connectivity index (χ1n) is 8.30. The highest BCUT2D eigenvalue weighted by Gasteiger charge is 2.23.